The average Bonchev–Trinajstić information content (AvgIpc) is 2.88. The van der Waals surface area contributed by atoms with Crippen molar-refractivity contribution >= 4 is 5.97 Å². The van der Waals surface area contributed by atoms with Crippen LogP contribution in [0.5, 0.6) is 0 Å². The summed E-state index contributed by atoms with van der Waals surface area (Å²) >= 11 is 0. The van der Waals surface area contributed by atoms with Gasteiger partial charge in [0.05, 0.1) is 18.8 Å². The van der Waals surface area contributed by atoms with Crippen LogP contribution in [0.1, 0.15) is 28.6 Å². The second-order valence-electron chi connectivity index (χ2n) is 3.24. The van der Waals surface area contributed by atoms with Crippen LogP contribution in [0.25, 0.3) is 0 Å². The molecule has 4 nitrogen and oxygen atoms in total. The number of hydrogen-bond acceptors (Lipinski definition) is 3. The number of carbonyl (C=O) groups is 1. The van der Waals surface area contributed by atoms with Crippen LogP contribution >= 0.6 is 0 Å². The number of cyclic esters (lactones) is 1. The molecule has 1 aliphatic rings. The van der Waals surface area contributed by atoms with Crippen molar-refractivity contribution in [3.63, 3.8) is 0 Å². The minimum absolute atomic E-state index is 0.120. The van der Waals surface area contributed by atoms with Crippen molar-refractivity contribution < 1.29 is 19.1 Å². The lowest BCUT2D eigenvalue weighted by Gasteiger charge is -2.12. The number of esters is 1. The molecule has 4 heteroatoms. The third-order valence-corrected chi connectivity index (χ3v) is 2.29. The lowest BCUT2D eigenvalue weighted by Crippen LogP contribution is -2.18. The van der Waals surface area contributed by atoms with Crippen molar-refractivity contribution in [2.45, 2.75) is 19.7 Å². The lowest BCUT2D eigenvalue weighted by molar-refractivity contribution is -0.141. The average molecular weight is 215 g/mol. The highest BCUT2D eigenvalue weighted by atomic mass is 16.5. The van der Waals surface area contributed by atoms with Crippen LogP contribution in [-0.2, 0) is 22.9 Å². The van der Waals surface area contributed by atoms with Crippen LogP contribution in [0, 0.1) is 11.8 Å². The summed E-state index contributed by atoms with van der Waals surface area (Å²) in [4.78, 5) is 15.6. The summed E-state index contributed by atoms with van der Waals surface area (Å²) in [5.74, 6) is -5.52. The molecule has 15 heavy (non-hydrogen) atoms. The fraction of sp³-hybridized carbons (Fsp3) is 0.636. The third-order valence-electron chi connectivity index (χ3n) is 2.29. The number of aromatic nitrogens is 2. The van der Waals surface area contributed by atoms with E-state index in [-0.39, 0.29) is 12.1 Å². The summed E-state index contributed by atoms with van der Waals surface area (Å²) in [6, 6.07) is 0. The summed E-state index contributed by atoms with van der Waals surface area (Å²) in [5.41, 5.74) is 0.120. The first-order valence-corrected chi connectivity index (χ1v) is 4.52. The highest BCUT2D eigenvalue weighted by Crippen LogP contribution is 2.27. The minimum atomic E-state index is -2.51. The van der Waals surface area contributed by atoms with E-state index >= 15 is 0 Å². The Morgan fingerprint density at radius 2 is 2.80 bits per heavy atom. The van der Waals surface area contributed by atoms with Gasteiger partial charge in [0.15, 0.2) is 0 Å². The number of hydrogen-bond donors (Lipinski definition) is 0. The maximum Gasteiger partial charge on any atom is 0.309 e. The predicted molar refractivity (Wildman–Crippen MR) is 55.1 cm³/mol. The summed E-state index contributed by atoms with van der Waals surface area (Å²) in [6.45, 7) is -1.95. The van der Waals surface area contributed by atoms with Crippen LogP contribution in [0.2, 0.25) is 0 Å². The first kappa shape index (κ1) is 4.68. The van der Waals surface area contributed by atoms with Crippen LogP contribution in [0.4, 0.5) is 0 Å². The molecular formula is C11H16N2O2. The first-order valence-electron chi connectivity index (χ1n) is 8.02. The molecule has 1 fully saturated rings. The molecule has 0 bridgehead atoms. The summed E-state index contributed by atoms with van der Waals surface area (Å²) in [5, 5.41) is 0. The second kappa shape index (κ2) is 4.04. The van der Waals surface area contributed by atoms with Gasteiger partial charge in [0, 0.05) is 34.4 Å². The van der Waals surface area contributed by atoms with Crippen LogP contribution in [0.15, 0.2) is 12.5 Å². The van der Waals surface area contributed by atoms with E-state index < -0.39 is 37.7 Å². The van der Waals surface area contributed by atoms with Gasteiger partial charge in [-0.2, -0.15) is 0 Å². The van der Waals surface area contributed by atoms with E-state index in [0.29, 0.717) is 0 Å². The highest BCUT2D eigenvalue weighted by Gasteiger charge is 2.35. The van der Waals surface area contributed by atoms with Gasteiger partial charge < -0.3 is 9.30 Å². The monoisotopic (exact) mass is 215 g/mol. The second-order valence-corrected chi connectivity index (χ2v) is 3.24. The Kier molecular flexibility index (Phi) is 1.26. The largest absolute Gasteiger partial charge is 0.465 e. The summed E-state index contributed by atoms with van der Waals surface area (Å²) in [6.07, 6.45) is -0.353. The molecule has 2 atom stereocenters. The van der Waals surface area contributed by atoms with Gasteiger partial charge in [-0.3, -0.25) is 4.79 Å². The predicted octanol–water partition coefficient (Wildman–Crippen LogP) is 1.16. The molecule has 0 aliphatic carbocycles. The quantitative estimate of drug-likeness (QED) is 0.711. The SMILES string of the molecule is [2H]C([2H])([2H])n1cncc1C[C@@]1([2H])COC(=O)[C@@]1([2H])C([2H])([2H])C. The zero-order valence-electron chi connectivity index (χ0n) is 15.3. The van der Waals surface area contributed by atoms with Crippen molar-refractivity contribution in [1.29, 1.82) is 0 Å². The van der Waals surface area contributed by atoms with Gasteiger partial charge in [-0.1, -0.05) is 6.92 Å². The highest BCUT2D eigenvalue weighted by molar-refractivity contribution is 5.74. The van der Waals surface area contributed by atoms with E-state index in [9.17, 15) is 4.79 Å². The maximum absolute atomic E-state index is 11.9. The van der Waals surface area contributed by atoms with E-state index in [1.807, 2.05) is 0 Å². The molecule has 1 saturated heterocycles. The molecule has 2 rings (SSSR count). The Hall–Kier alpha value is -1.32. The molecule has 1 aromatic rings. The van der Waals surface area contributed by atoms with Crippen LogP contribution in [0.3, 0.4) is 0 Å². The number of nitrogens with zero attached hydrogens (tertiary/aromatic N) is 2. The van der Waals surface area contributed by atoms with Crippen molar-refractivity contribution in [3.8, 4) is 0 Å². The van der Waals surface area contributed by atoms with Crippen LogP contribution in [-0.4, -0.2) is 22.1 Å². The zero-order valence-corrected chi connectivity index (χ0v) is 8.28. The van der Waals surface area contributed by atoms with Crippen LogP contribution < -0.4 is 0 Å². The number of aryl methyl sites for hydroxylation is 1. The summed E-state index contributed by atoms with van der Waals surface area (Å²) in [7, 11) is 0. The van der Waals surface area contributed by atoms with E-state index in [1.54, 1.807) is 0 Å². The van der Waals surface area contributed by atoms with Gasteiger partial charge in [0.1, 0.15) is 0 Å². The summed E-state index contributed by atoms with van der Waals surface area (Å²) < 4.78 is 59.9. The third kappa shape index (κ3) is 1.89. The van der Waals surface area contributed by atoms with Gasteiger partial charge in [-0.25, -0.2) is 4.98 Å². The lowest BCUT2D eigenvalue weighted by atomic mass is 9.89. The Morgan fingerprint density at radius 3 is 3.53 bits per heavy atom. The Morgan fingerprint density at radius 1 is 1.93 bits per heavy atom. The number of carbonyl (C=O) groups excluding carboxylic acids is 1. The molecule has 1 aromatic heterocycles. The molecule has 0 spiro atoms. The van der Waals surface area contributed by atoms with Gasteiger partial charge in [-0.05, 0) is 12.8 Å². The van der Waals surface area contributed by atoms with E-state index in [4.69, 9.17) is 14.3 Å². The van der Waals surface area contributed by atoms with Gasteiger partial charge >= 0.3 is 5.97 Å². The molecule has 2 heterocycles. The molecular weight excluding hydrogens is 192 g/mol. The first-order chi connectivity index (χ1) is 9.83. The topological polar surface area (TPSA) is 44.1 Å². The Labute approximate surface area is 99.1 Å². The van der Waals surface area contributed by atoms with E-state index in [1.165, 1.54) is 6.20 Å². The molecule has 0 radical (unpaired) electrons. The van der Waals surface area contributed by atoms with Gasteiger partial charge in [0.2, 0.25) is 0 Å². The van der Waals surface area contributed by atoms with Crippen molar-refractivity contribution in [2.75, 3.05) is 6.61 Å². The number of ether oxygens (including phenoxy) is 1. The smallest absolute Gasteiger partial charge is 0.309 e. The van der Waals surface area contributed by atoms with Crippen molar-refractivity contribution in [1.82, 2.24) is 9.55 Å². The Bertz CT molecular complexity index is 594. The maximum atomic E-state index is 11.9. The van der Waals surface area contributed by atoms with Crippen molar-refractivity contribution in [2.24, 2.45) is 18.8 Å². The molecule has 0 saturated carbocycles. The number of imidazole rings is 1. The Balaban J connectivity index is 2.44. The molecule has 0 amide bonds. The minimum Gasteiger partial charge on any atom is -0.465 e. The fourth-order valence-electron chi connectivity index (χ4n) is 1.53. The van der Waals surface area contributed by atoms with E-state index in [2.05, 4.69) is 4.98 Å². The zero-order chi connectivity index (χ0) is 17.0. The molecule has 1 aliphatic heterocycles. The van der Waals surface area contributed by atoms with Crippen molar-refractivity contribution in [3.05, 3.63) is 18.2 Å². The van der Waals surface area contributed by atoms with Gasteiger partial charge in [0.25, 0.3) is 0 Å². The molecule has 0 unspecified atom stereocenters. The fourth-order valence-corrected chi connectivity index (χ4v) is 1.53. The standard InChI is InChI=1S/C11H16N2O2/c1-3-10-8(6-15-11(10)14)4-9-5-12-7-13(9)2/h5,7-8,10H,3-4,6H2,1-2H3/t8-,10-/m0/s1/i2D3,3D2,8D,10D. The molecule has 0 aromatic carbocycles. The van der Waals surface area contributed by atoms with E-state index in [0.717, 1.165) is 17.8 Å². The number of rotatable bonds is 3. The molecule has 0 N–H and O–H groups in total. The molecule has 82 valence electrons. The normalized spacial score (nSPS) is 44.1. The van der Waals surface area contributed by atoms with Gasteiger partial charge in [-0.15, -0.1) is 0 Å².